The Morgan fingerprint density at radius 1 is 0.930 bits per heavy atom. The van der Waals surface area contributed by atoms with Crippen LogP contribution >= 0.6 is 0 Å². The number of hydrogen-bond donors (Lipinski definition) is 2. The number of unbranched alkanes of at least 4 members (excludes halogenated alkanes) is 1. The maximum absolute atomic E-state index is 11.3. The van der Waals surface area contributed by atoms with Gasteiger partial charge in [-0.1, -0.05) is 54.1 Å². The van der Waals surface area contributed by atoms with E-state index in [2.05, 4.69) is 18.5 Å². The van der Waals surface area contributed by atoms with E-state index in [1.165, 1.54) is 0 Å². The summed E-state index contributed by atoms with van der Waals surface area (Å²) < 4.78 is 37.9. The topological polar surface area (TPSA) is 131 Å². The van der Waals surface area contributed by atoms with Crippen LogP contribution in [0.25, 0.3) is 34.5 Å². The molecule has 5 aromatic rings. The zero-order chi connectivity index (χ0) is 30.0. The van der Waals surface area contributed by atoms with Gasteiger partial charge in [-0.2, -0.15) is 8.42 Å². The summed E-state index contributed by atoms with van der Waals surface area (Å²) in [5, 5.41) is 3.37. The minimum atomic E-state index is -4.04. The van der Waals surface area contributed by atoms with Crippen LogP contribution in [0.5, 0.6) is 0 Å². The van der Waals surface area contributed by atoms with Crippen molar-refractivity contribution in [3.63, 3.8) is 0 Å². The molecule has 11 nitrogen and oxygen atoms in total. The Morgan fingerprint density at radius 3 is 2.42 bits per heavy atom. The molecule has 218 valence electrons. The lowest BCUT2D eigenvalue weighted by Gasteiger charge is -2.11. The fourth-order valence-corrected chi connectivity index (χ4v) is 5.77. The third-order valence-corrected chi connectivity index (χ3v) is 7.91. The SMILES string of the molecule is C=CCn1c(=CC=Cc2n(CC=C)c3nc4ccccc4nc3[n+]2CCCCS(=O)(=O)O)nc2c1=Nc1ccccc1N2. The summed E-state index contributed by atoms with van der Waals surface area (Å²) in [4.78, 5) is 19.5. The van der Waals surface area contributed by atoms with E-state index in [4.69, 9.17) is 19.9 Å². The van der Waals surface area contributed by atoms with Gasteiger partial charge in [-0.3, -0.25) is 4.55 Å². The van der Waals surface area contributed by atoms with Gasteiger partial charge in [0.2, 0.25) is 5.82 Å². The van der Waals surface area contributed by atoms with E-state index in [1.54, 1.807) is 6.08 Å². The predicted octanol–water partition coefficient (Wildman–Crippen LogP) is 3.61. The maximum atomic E-state index is 11.3. The van der Waals surface area contributed by atoms with Gasteiger partial charge in [0.25, 0.3) is 15.8 Å². The molecule has 0 unspecified atom stereocenters. The Morgan fingerprint density at radius 2 is 1.65 bits per heavy atom. The summed E-state index contributed by atoms with van der Waals surface area (Å²) >= 11 is 0. The van der Waals surface area contributed by atoms with Gasteiger partial charge >= 0.3 is 5.65 Å². The normalized spacial score (nSPS) is 13.2. The molecule has 0 aliphatic carbocycles. The molecule has 1 aliphatic heterocycles. The molecule has 3 aromatic heterocycles. The Bertz CT molecular complexity index is 2150. The summed E-state index contributed by atoms with van der Waals surface area (Å²) in [7, 11) is -4.04. The van der Waals surface area contributed by atoms with Crippen molar-refractivity contribution in [2.45, 2.75) is 32.5 Å². The molecular weight excluding hydrogens is 564 g/mol. The molecular formula is C31H31N8O3S+. The van der Waals surface area contributed by atoms with Crippen LogP contribution < -0.4 is 20.9 Å². The molecule has 43 heavy (non-hydrogen) atoms. The van der Waals surface area contributed by atoms with Crippen LogP contribution in [0.1, 0.15) is 18.7 Å². The number of hydrogen-bond acceptors (Lipinski definition) is 7. The average Bonchev–Trinajstić information content (AvgIpc) is 3.46. The van der Waals surface area contributed by atoms with Crippen LogP contribution in [0.2, 0.25) is 0 Å². The van der Waals surface area contributed by atoms with Crippen molar-refractivity contribution >= 4 is 61.8 Å². The average molecular weight is 596 g/mol. The monoisotopic (exact) mass is 595 g/mol. The smallest absolute Gasteiger partial charge is 0.323 e. The number of para-hydroxylation sites is 4. The minimum Gasteiger partial charge on any atom is -0.335 e. The first kappa shape index (κ1) is 28.2. The van der Waals surface area contributed by atoms with E-state index in [0.29, 0.717) is 55.1 Å². The van der Waals surface area contributed by atoms with E-state index >= 15 is 0 Å². The number of benzene rings is 2. The number of rotatable bonds is 11. The number of nitrogens with zero attached hydrogens (tertiary/aromatic N) is 7. The van der Waals surface area contributed by atoms with E-state index < -0.39 is 10.1 Å². The number of anilines is 2. The van der Waals surface area contributed by atoms with Crippen LogP contribution in [0.15, 0.2) is 84.9 Å². The largest absolute Gasteiger partial charge is 0.335 e. The van der Waals surface area contributed by atoms with Crippen molar-refractivity contribution in [3.8, 4) is 0 Å². The molecule has 4 heterocycles. The molecule has 0 radical (unpaired) electrons. The molecule has 6 rings (SSSR count). The number of fused-ring (bicyclic) bond motifs is 4. The summed E-state index contributed by atoms with van der Waals surface area (Å²) in [6.07, 6.45) is 10.2. The second kappa shape index (κ2) is 11.7. The minimum absolute atomic E-state index is 0.300. The van der Waals surface area contributed by atoms with Crippen LogP contribution in [-0.2, 0) is 29.8 Å². The van der Waals surface area contributed by atoms with Gasteiger partial charge in [0.15, 0.2) is 16.8 Å². The van der Waals surface area contributed by atoms with Crippen molar-refractivity contribution < 1.29 is 17.5 Å². The fraction of sp³-hybridized carbons (Fsp3) is 0.194. The highest BCUT2D eigenvalue weighted by Crippen LogP contribution is 2.28. The number of allylic oxidation sites excluding steroid dienone is 3. The Kier molecular flexibility index (Phi) is 7.70. The first-order valence-electron chi connectivity index (χ1n) is 13.9. The maximum Gasteiger partial charge on any atom is 0.323 e. The van der Waals surface area contributed by atoms with Crippen LogP contribution in [-0.4, -0.2) is 42.8 Å². The van der Waals surface area contributed by atoms with Crippen LogP contribution in [0.4, 0.5) is 17.2 Å². The zero-order valence-corrected chi connectivity index (χ0v) is 24.3. The second-order valence-corrected chi connectivity index (χ2v) is 11.7. The first-order valence-corrected chi connectivity index (χ1v) is 15.5. The molecule has 2 N–H and O–H groups in total. The summed E-state index contributed by atoms with van der Waals surface area (Å²) in [5.74, 6) is 1.19. The fourth-order valence-electron chi connectivity index (χ4n) is 5.20. The van der Waals surface area contributed by atoms with Gasteiger partial charge in [-0.15, -0.1) is 6.58 Å². The molecule has 2 aromatic carbocycles. The number of nitrogens with one attached hydrogen (secondary N) is 1. The van der Waals surface area contributed by atoms with Gasteiger partial charge in [-0.25, -0.2) is 24.1 Å². The highest BCUT2D eigenvalue weighted by atomic mass is 32.2. The van der Waals surface area contributed by atoms with E-state index in [9.17, 15) is 13.0 Å². The van der Waals surface area contributed by atoms with Crippen molar-refractivity contribution in [2.24, 2.45) is 4.99 Å². The Hall–Kier alpha value is -4.94. The predicted molar refractivity (Wildman–Crippen MR) is 167 cm³/mol. The number of imidazole rings is 2. The van der Waals surface area contributed by atoms with E-state index in [1.807, 2.05) is 86.5 Å². The Balaban J connectivity index is 1.46. The quantitative estimate of drug-likeness (QED) is 0.101. The van der Waals surface area contributed by atoms with Crippen LogP contribution in [0.3, 0.4) is 0 Å². The van der Waals surface area contributed by atoms with Gasteiger partial charge < -0.3 is 9.88 Å². The molecule has 0 spiro atoms. The molecule has 12 heteroatoms. The highest BCUT2D eigenvalue weighted by molar-refractivity contribution is 7.85. The lowest BCUT2D eigenvalue weighted by Crippen LogP contribution is -2.37. The standard InChI is InChI=1S/C31H30N8O3S/c1-3-18-37-26(36-28-29(37)33-23-13-6-5-12-22(23)32-28)16-11-17-27-38(19-4-2)30-31(35-25-15-8-7-14-24(25)34-30)39(27)20-9-10-21-43(40,41)42/h3-8,11-17H,1-2,9-10,18-21H2,(H,40,41,42)/p+1. The molecule has 0 saturated heterocycles. The molecule has 0 bridgehead atoms. The van der Waals surface area contributed by atoms with Crippen LogP contribution in [0, 0.1) is 0 Å². The third-order valence-electron chi connectivity index (χ3n) is 7.10. The lowest BCUT2D eigenvalue weighted by molar-refractivity contribution is -0.676. The number of aromatic nitrogens is 6. The van der Waals surface area contributed by atoms with E-state index in [-0.39, 0.29) is 5.75 Å². The molecule has 0 saturated carbocycles. The first-order chi connectivity index (χ1) is 20.9. The summed E-state index contributed by atoms with van der Waals surface area (Å²) in [6, 6.07) is 15.5. The van der Waals surface area contributed by atoms with Gasteiger partial charge in [0.1, 0.15) is 11.0 Å². The molecule has 0 amide bonds. The van der Waals surface area contributed by atoms with Crippen molar-refractivity contribution in [1.29, 1.82) is 0 Å². The van der Waals surface area contributed by atoms with Gasteiger partial charge in [0, 0.05) is 12.6 Å². The van der Waals surface area contributed by atoms with Crippen molar-refractivity contribution in [3.05, 3.63) is 96.7 Å². The van der Waals surface area contributed by atoms with Gasteiger partial charge in [-0.05, 0) is 43.2 Å². The molecule has 0 atom stereocenters. The lowest BCUT2D eigenvalue weighted by atomic mass is 10.2. The summed E-state index contributed by atoms with van der Waals surface area (Å²) in [5.41, 5.74) is 6.08. The zero-order valence-electron chi connectivity index (χ0n) is 23.5. The van der Waals surface area contributed by atoms with E-state index in [0.717, 1.165) is 33.7 Å². The van der Waals surface area contributed by atoms with Crippen molar-refractivity contribution in [1.82, 2.24) is 24.1 Å². The molecule has 1 aliphatic rings. The second-order valence-electron chi connectivity index (χ2n) is 10.1. The van der Waals surface area contributed by atoms with Crippen molar-refractivity contribution in [2.75, 3.05) is 11.1 Å². The number of aryl methyl sites for hydroxylation is 1. The summed E-state index contributed by atoms with van der Waals surface area (Å²) in [6.45, 7) is 9.35. The molecule has 0 fully saturated rings. The highest BCUT2D eigenvalue weighted by Gasteiger charge is 2.25. The third kappa shape index (κ3) is 5.74. The van der Waals surface area contributed by atoms with Gasteiger partial charge in [0.05, 0.1) is 30.2 Å². The Labute approximate surface area is 248 Å².